The van der Waals surface area contributed by atoms with Gasteiger partial charge in [0.2, 0.25) is 11.8 Å². The first-order chi connectivity index (χ1) is 15.6. The topological polar surface area (TPSA) is 65.6 Å². The van der Waals surface area contributed by atoms with Crippen LogP contribution in [0.25, 0.3) is 10.9 Å². The fourth-order valence-electron chi connectivity index (χ4n) is 5.23. The van der Waals surface area contributed by atoms with Gasteiger partial charge in [0.15, 0.2) is 0 Å². The third kappa shape index (κ3) is 3.39. The van der Waals surface area contributed by atoms with Crippen LogP contribution in [0.1, 0.15) is 41.8 Å². The predicted octanol–water partition coefficient (Wildman–Crippen LogP) is 3.59. The molecule has 1 fully saturated rings. The van der Waals surface area contributed by atoms with E-state index in [1.165, 1.54) is 0 Å². The number of ether oxygens (including phenoxy) is 1. The van der Waals surface area contributed by atoms with Crippen molar-refractivity contribution in [1.29, 1.82) is 0 Å². The van der Waals surface area contributed by atoms with Crippen molar-refractivity contribution in [3.05, 3.63) is 70.9 Å². The minimum Gasteiger partial charge on any atom is -0.382 e. The summed E-state index contributed by atoms with van der Waals surface area (Å²) in [4.78, 5) is 34.2. The number of para-hydroxylation sites is 1. The minimum atomic E-state index is -0.486. The summed E-state index contributed by atoms with van der Waals surface area (Å²) in [6.45, 7) is 5.95. The number of amides is 2. The number of nitrogens with zero attached hydrogens (tertiary/aromatic N) is 2. The summed E-state index contributed by atoms with van der Waals surface area (Å²) in [7, 11) is 0. The summed E-state index contributed by atoms with van der Waals surface area (Å²) >= 11 is 0. The maximum atomic E-state index is 13.6. The van der Waals surface area contributed by atoms with E-state index in [4.69, 9.17) is 4.74 Å². The molecule has 5 rings (SSSR count). The van der Waals surface area contributed by atoms with Crippen LogP contribution in [0.5, 0.6) is 0 Å². The summed E-state index contributed by atoms with van der Waals surface area (Å²) in [5, 5.41) is 1.13. The van der Waals surface area contributed by atoms with Crippen LogP contribution < -0.4 is 0 Å². The van der Waals surface area contributed by atoms with Crippen molar-refractivity contribution in [2.24, 2.45) is 0 Å². The summed E-state index contributed by atoms with van der Waals surface area (Å²) < 4.78 is 5.43. The van der Waals surface area contributed by atoms with E-state index in [2.05, 4.69) is 36.2 Å². The van der Waals surface area contributed by atoms with Gasteiger partial charge in [0, 0.05) is 42.8 Å². The van der Waals surface area contributed by atoms with Gasteiger partial charge in [0.25, 0.3) is 0 Å². The lowest BCUT2D eigenvalue weighted by Gasteiger charge is -2.47. The highest BCUT2D eigenvalue weighted by Gasteiger charge is 2.48. The number of aryl methyl sites for hydroxylation is 1. The number of aromatic amines is 1. The molecule has 6 heteroatoms. The summed E-state index contributed by atoms with van der Waals surface area (Å²) in [6.07, 6.45) is 1.27. The Labute approximate surface area is 188 Å². The number of fused-ring (bicyclic) bond motifs is 4. The molecule has 0 radical (unpaired) electrons. The lowest BCUT2D eigenvalue weighted by atomic mass is 9.85. The molecular weight excluding hydrogens is 402 g/mol. The fourth-order valence-corrected chi connectivity index (χ4v) is 5.23. The third-order valence-corrected chi connectivity index (χ3v) is 6.75. The number of carbonyl (C=O) groups excluding carboxylic acids is 2. The van der Waals surface area contributed by atoms with Gasteiger partial charge in [-0.05, 0) is 43.0 Å². The first kappa shape index (κ1) is 20.8. The number of rotatable bonds is 6. The zero-order valence-corrected chi connectivity index (χ0v) is 18.6. The molecule has 2 aliphatic rings. The number of carbonyl (C=O) groups is 2. The van der Waals surface area contributed by atoms with Crippen molar-refractivity contribution < 1.29 is 14.3 Å². The average molecular weight is 432 g/mol. The molecule has 166 valence electrons. The van der Waals surface area contributed by atoms with Crippen LogP contribution in [0, 0.1) is 6.92 Å². The van der Waals surface area contributed by atoms with E-state index in [0.717, 1.165) is 39.7 Å². The van der Waals surface area contributed by atoms with Gasteiger partial charge in [0.1, 0.15) is 6.04 Å². The Morgan fingerprint density at radius 3 is 2.69 bits per heavy atom. The van der Waals surface area contributed by atoms with E-state index < -0.39 is 6.04 Å². The molecule has 0 aliphatic carbocycles. The number of aromatic nitrogens is 1. The van der Waals surface area contributed by atoms with Gasteiger partial charge in [-0.3, -0.25) is 9.59 Å². The van der Waals surface area contributed by atoms with Crippen molar-refractivity contribution in [2.75, 3.05) is 26.3 Å². The lowest BCUT2D eigenvalue weighted by molar-refractivity contribution is -0.158. The Morgan fingerprint density at radius 2 is 1.88 bits per heavy atom. The molecule has 1 saturated heterocycles. The second-order valence-electron chi connectivity index (χ2n) is 8.65. The van der Waals surface area contributed by atoms with Crippen molar-refractivity contribution in [1.82, 2.24) is 14.8 Å². The normalized spacial score (nSPS) is 20.6. The van der Waals surface area contributed by atoms with Gasteiger partial charge in [-0.25, -0.2) is 0 Å². The van der Waals surface area contributed by atoms with Crippen LogP contribution in [0.3, 0.4) is 0 Å². The van der Waals surface area contributed by atoms with Gasteiger partial charge in [-0.15, -0.1) is 0 Å². The Hall–Kier alpha value is -3.12. The quantitative estimate of drug-likeness (QED) is 0.607. The summed E-state index contributed by atoms with van der Waals surface area (Å²) in [5.41, 5.74) is 5.40. The van der Waals surface area contributed by atoms with Crippen LogP contribution in [0.4, 0.5) is 0 Å². The third-order valence-electron chi connectivity index (χ3n) is 6.75. The number of hydrogen-bond acceptors (Lipinski definition) is 3. The molecule has 32 heavy (non-hydrogen) atoms. The molecule has 1 N–H and O–H groups in total. The molecule has 0 bridgehead atoms. The number of piperazine rings is 1. The largest absolute Gasteiger partial charge is 0.382 e. The summed E-state index contributed by atoms with van der Waals surface area (Å²) in [5.74, 6) is 0.0409. The number of nitrogens with one attached hydrogen (secondary N) is 1. The first-order valence-corrected chi connectivity index (χ1v) is 11.4. The van der Waals surface area contributed by atoms with Crippen molar-refractivity contribution in [3.8, 4) is 0 Å². The summed E-state index contributed by atoms with van der Waals surface area (Å²) in [6, 6.07) is 15.6. The second-order valence-corrected chi connectivity index (χ2v) is 8.65. The van der Waals surface area contributed by atoms with Crippen LogP contribution in [0.2, 0.25) is 0 Å². The fraction of sp³-hybridized carbons (Fsp3) is 0.385. The Bertz CT molecular complexity index is 1170. The van der Waals surface area contributed by atoms with Gasteiger partial charge in [-0.1, -0.05) is 42.5 Å². The molecule has 0 unspecified atom stereocenters. The molecule has 0 spiro atoms. The number of hydrogen-bond donors (Lipinski definition) is 1. The Morgan fingerprint density at radius 1 is 1.09 bits per heavy atom. The molecule has 2 aromatic carbocycles. The predicted molar refractivity (Wildman–Crippen MR) is 123 cm³/mol. The maximum Gasteiger partial charge on any atom is 0.246 e. The number of H-pyrrole nitrogens is 1. The van der Waals surface area contributed by atoms with E-state index in [9.17, 15) is 9.59 Å². The highest BCUT2D eigenvalue weighted by molar-refractivity contribution is 5.97. The van der Waals surface area contributed by atoms with Crippen molar-refractivity contribution >= 4 is 22.7 Å². The highest BCUT2D eigenvalue weighted by Crippen LogP contribution is 2.43. The molecule has 2 amide bonds. The molecular formula is C26H29N3O3. The Balaban J connectivity index is 1.58. The second kappa shape index (κ2) is 8.43. The van der Waals surface area contributed by atoms with Crippen molar-refractivity contribution in [3.63, 3.8) is 0 Å². The first-order valence-electron chi connectivity index (χ1n) is 11.4. The Kier molecular flexibility index (Phi) is 5.47. The zero-order valence-electron chi connectivity index (χ0n) is 18.6. The lowest BCUT2D eigenvalue weighted by Crippen LogP contribution is -2.63. The number of benzene rings is 2. The van der Waals surface area contributed by atoms with Crippen LogP contribution in [-0.4, -0.2) is 58.9 Å². The minimum absolute atomic E-state index is 0.00330. The zero-order chi connectivity index (χ0) is 22.2. The molecule has 3 aromatic rings. The van der Waals surface area contributed by atoms with Crippen LogP contribution >= 0.6 is 0 Å². The molecule has 6 nitrogen and oxygen atoms in total. The van der Waals surface area contributed by atoms with Gasteiger partial charge < -0.3 is 19.5 Å². The molecule has 2 aliphatic heterocycles. The van der Waals surface area contributed by atoms with Gasteiger partial charge >= 0.3 is 0 Å². The van der Waals surface area contributed by atoms with Crippen molar-refractivity contribution in [2.45, 2.75) is 38.8 Å². The van der Waals surface area contributed by atoms with Crippen LogP contribution in [-0.2, 0) is 20.7 Å². The standard InChI is InChI=1S/C26H29N3O3/c1-3-32-14-8-13-28-16-23(30)29-22(26(28)31)15-20-19-11-6-7-12-21(19)27-24(20)25(29)18-10-5-4-9-17(18)2/h4-7,9-12,22,25,27H,3,8,13-16H2,1-2H3/t22-,25-/m0/s1. The SMILES string of the molecule is CCOCCCN1CC(=O)N2[C@@H](c3ccccc3C)c3[nH]c4ccccc4c3C[C@H]2C1=O. The van der Waals surface area contributed by atoms with E-state index in [-0.39, 0.29) is 24.4 Å². The maximum absolute atomic E-state index is 13.6. The molecule has 3 heterocycles. The smallest absolute Gasteiger partial charge is 0.246 e. The van der Waals surface area contributed by atoms with E-state index in [1.807, 2.05) is 36.1 Å². The molecule has 2 atom stereocenters. The highest BCUT2D eigenvalue weighted by atomic mass is 16.5. The van der Waals surface area contributed by atoms with Gasteiger partial charge in [-0.2, -0.15) is 0 Å². The van der Waals surface area contributed by atoms with E-state index in [0.29, 0.717) is 26.2 Å². The van der Waals surface area contributed by atoms with E-state index in [1.54, 1.807) is 4.90 Å². The van der Waals surface area contributed by atoms with Crippen LogP contribution in [0.15, 0.2) is 48.5 Å². The average Bonchev–Trinajstić information content (AvgIpc) is 3.17. The van der Waals surface area contributed by atoms with E-state index >= 15 is 0 Å². The monoisotopic (exact) mass is 431 g/mol. The molecule has 0 saturated carbocycles. The molecule has 1 aromatic heterocycles. The van der Waals surface area contributed by atoms with Gasteiger partial charge in [0.05, 0.1) is 12.6 Å².